The van der Waals surface area contributed by atoms with Crippen molar-refractivity contribution in [2.24, 2.45) is 7.05 Å². The average Bonchev–Trinajstić information content (AvgIpc) is 3.13. The minimum absolute atomic E-state index is 0.0264. The van der Waals surface area contributed by atoms with Crippen LogP contribution in [0.5, 0.6) is 0 Å². The number of aromatic nitrogens is 4. The highest BCUT2D eigenvalue weighted by molar-refractivity contribution is 9.10. The normalized spacial score (nSPS) is 10.9. The molecule has 0 saturated carbocycles. The van der Waals surface area contributed by atoms with Gasteiger partial charge in [-0.1, -0.05) is 34.1 Å². The molecule has 0 saturated heterocycles. The standard InChI is InChI=1S/C19H22BrN5O/c1-13-16(14(2)24(3)23-13)8-9-19(26)22-18-10-11-21-25(18)12-15-6-4-5-7-17(15)20/h4-7,10-11H,8-9,12H2,1-3H3,(H,22,26). The van der Waals surface area contributed by atoms with Gasteiger partial charge in [-0.05, 0) is 37.5 Å². The van der Waals surface area contributed by atoms with Crippen molar-refractivity contribution in [3.63, 3.8) is 0 Å². The van der Waals surface area contributed by atoms with Crippen LogP contribution < -0.4 is 5.32 Å². The van der Waals surface area contributed by atoms with Crippen molar-refractivity contribution in [3.05, 3.63) is 63.5 Å². The minimum atomic E-state index is -0.0264. The Kier molecular flexibility index (Phi) is 5.56. The molecule has 2 aromatic heterocycles. The van der Waals surface area contributed by atoms with Gasteiger partial charge in [-0.15, -0.1) is 0 Å². The summed E-state index contributed by atoms with van der Waals surface area (Å²) in [5.41, 5.74) is 4.34. The Morgan fingerprint density at radius 3 is 2.69 bits per heavy atom. The number of carbonyl (C=O) groups is 1. The zero-order valence-electron chi connectivity index (χ0n) is 15.2. The molecule has 1 aromatic carbocycles. The molecule has 6 nitrogen and oxygen atoms in total. The third kappa shape index (κ3) is 4.04. The Morgan fingerprint density at radius 2 is 2.00 bits per heavy atom. The van der Waals surface area contributed by atoms with Gasteiger partial charge in [0.15, 0.2) is 0 Å². The van der Waals surface area contributed by atoms with Crippen molar-refractivity contribution in [3.8, 4) is 0 Å². The third-order valence-electron chi connectivity index (χ3n) is 4.52. The summed E-state index contributed by atoms with van der Waals surface area (Å²) in [6.45, 7) is 4.60. The number of amides is 1. The quantitative estimate of drug-likeness (QED) is 0.668. The number of nitrogens with zero attached hydrogens (tertiary/aromatic N) is 4. The van der Waals surface area contributed by atoms with Crippen LogP contribution >= 0.6 is 15.9 Å². The maximum Gasteiger partial charge on any atom is 0.225 e. The molecule has 0 aliphatic rings. The number of rotatable bonds is 6. The highest BCUT2D eigenvalue weighted by Gasteiger charge is 2.13. The fourth-order valence-electron chi connectivity index (χ4n) is 2.98. The van der Waals surface area contributed by atoms with E-state index in [4.69, 9.17) is 0 Å². The highest BCUT2D eigenvalue weighted by Crippen LogP contribution is 2.19. The Labute approximate surface area is 161 Å². The number of anilines is 1. The van der Waals surface area contributed by atoms with Crippen LogP contribution in [0.1, 0.15) is 28.9 Å². The van der Waals surface area contributed by atoms with Gasteiger partial charge in [-0.25, -0.2) is 4.68 Å². The van der Waals surface area contributed by atoms with Crippen LogP contribution in [-0.4, -0.2) is 25.5 Å². The first-order valence-corrected chi connectivity index (χ1v) is 9.29. The van der Waals surface area contributed by atoms with Gasteiger partial charge in [0.1, 0.15) is 5.82 Å². The first kappa shape index (κ1) is 18.4. The second-order valence-electron chi connectivity index (χ2n) is 6.29. The molecule has 7 heteroatoms. The fourth-order valence-corrected chi connectivity index (χ4v) is 3.39. The van der Waals surface area contributed by atoms with Crippen molar-refractivity contribution in [2.45, 2.75) is 33.2 Å². The zero-order chi connectivity index (χ0) is 18.7. The van der Waals surface area contributed by atoms with Crippen LogP contribution in [0.2, 0.25) is 0 Å². The second-order valence-corrected chi connectivity index (χ2v) is 7.14. The number of carbonyl (C=O) groups excluding carboxylic acids is 1. The SMILES string of the molecule is Cc1nn(C)c(C)c1CCC(=O)Nc1ccnn1Cc1ccccc1Br. The van der Waals surface area contributed by atoms with Gasteiger partial charge < -0.3 is 5.32 Å². The predicted molar refractivity (Wildman–Crippen MR) is 105 cm³/mol. The van der Waals surface area contributed by atoms with Crippen molar-refractivity contribution >= 4 is 27.7 Å². The summed E-state index contributed by atoms with van der Waals surface area (Å²) < 4.78 is 4.67. The molecule has 0 radical (unpaired) electrons. The summed E-state index contributed by atoms with van der Waals surface area (Å²) in [4.78, 5) is 12.4. The van der Waals surface area contributed by atoms with Crippen LogP contribution in [0.15, 0.2) is 41.0 Å². The van der Waals surface area contributed by atoms with E-state index in [2.05, 4.69) is 31.4 Å². The number of hydrogen-bond donors (Lipinski definition) is 1. The third-order valence-corrected chi connectivity index (χ3v) is 5.30. The van der Waals surface area contributed by atoms with Crippen LogP contribution in [-0.2, 0) is 24.8 Å². The fraction of sp³-hybridized carbons (Fsp3) is 0.316. The molecule has 0 fully saturated rings. The molecule has 0 spiro atoms. The van der Waals surface area contributed by atoms with Crippen LogP contribution in [0.25, 0.3) is 0 Å². The van der Waals surface area contributed by atoms with E-state index in [1.165, 1.54) is 0 Å². The topological polar surface area (TPSA) is 64.7 Å². The summed E-state index contributed by atoms with van der Waals surface area (Å²) in [5, 5.41) is 11.7. The van der Waals surface area contributed by atoms with Crippen LogP contribution in [0, 0.1) is 13.8 Å². The summed E-state index contributed by atoms with van der Waals surface area (Å²) in [5.74, 6) is 0.673. The van der Waals surface area contributed by atoms with Crippen LogP contribution in [0.4, 0.5) is 5.82 Å². The molecule has 0 aliphatic heterocycles. The van der Waals surface area contributed by atoms with Gasteiger partial charge in [-0.3, -0.25) is 9.48 Å². The maximum atomic E-state index is 12.4. The van der Waals surface area contributed by atoms with E-state index in [9.17, 15) is 4.79 Å². The van der Waals surface area contributed by atoms with Gasteiger partial charge in [0.25, 0.3) is 0 Å². The summed E-state index contributed by atoms with van der Waals surface area (Å²) in [7, 11) is 1.92. The van der Waals surface area contributed by atoms with Gasteiger partial charge in [0, 0.05) is 29.7 Å². The van der Waals surface area contributed by atoms with Crippen molar-refractivity contribution < 1.29 is 4.79 Å². The van der Waals surface area contributed by atoms with E-state index in [1.807, 2.05) is 55.9 Å². The molecule has 3 rings (SSSR count). The Bertz CT molecular complexity index is 928. The monoisotopic (exact) mass is 415 g/mol. The van der Waals surface area contributed by atoms with E-state index in [1.54, 1.807) is 10.9 Å². The molecule has 3 aromatic rings. The van der Waals surface area contributed by atoms with E-state index in [0.717, 1.165) is 27.0 Å². The smallest absolute Gasteiger partial charge is 0.225 e. The lowest BCUT2D eigenvalue weighted by Gasteiger charge is -2.10. The Morgan fingerprint density at radius 1 is 1.23 bits per heavy atom. The average molecular weight is 416 g/mol. The van der Waals surface area contributed by atoms with E-state index < -0.39 is 0 Å². The molecule has 136 valence electrons. The number of benzene rings is 1. The van der Waals surface area contributed by atoms with Crippen molar-refractivity contribution in [2.75, 3.05) is 5.32 Å². The molecule has 26 heavy (non-hydrogen) atoms. The maximum absolute atomic E-state index is 12.4. The lowest BCUT2D eigenvalue weighted by atomic mass is 10.1. The summed E-state index contributed by atoms with van der Waals surface area (Å²) >= 11 is 3.55. The number of nitrogens with one attached hydrogen (secondary N) is 1. The molecular formula is C19H22BrN5O. The van der Waals surface area contributed by atoms with E-state index >= 15 is 0 Å². The molecule has 2 heterocycles. The first-order chi connectivity index (χ1) is 12.5. The van der Waals surface area contributed by atoms with Crippen molar-refractivity contribution in [1.29, 1.82) is 0 Å². The molecular weight excluding hydrogens is 394 g/mol. The molecule has 1 N–H and O–H groups in total. The largest absolute Gasteiger partial charge is 0.311 e. The molecule has 0 aliphatic carbocycles. The molecule has 1 amide bonds. The van der Waals surface area contributed by atoms with E-state index in [0.29, 0.717) is 25.2 Å². The number of halogens is 1. The zero-order valence-corrected chi connectivity index (χ0v) is 16.7. The van der Waals surface area contributed by atoms with Gasteiger partial charge in [0.05, 0.1) is 18.4 Å². The van der Waals surface area contributed by atoms with Gasteiger partial charge >= 0.3 is 0 Å². The summed E-state index contributed by atoms with van der Waals surface area (Å²) in [6.07, 6.45) is 2.78. The predicted octanol–water partition coefficient (Wildman–Crippen LogP) is 3.62. The minimum Gasteiger partial charge on any atom is -0.311 e. The molecule has 0 atom stereocenters. The van der Waals surface area contributed by atoms with Crippen molar-refractivity contribution in [1.82, 2.24) is 19.6 Å². The van der Waals surface area contributed by atoms with Gasteiger partial charge in [0.2, 0.25) is 5.91 Å². The highest BCUT2D eigenvalue weighted by atomic mass is 79.9. The van der Waals surface area contributed by atoms with Gasteiger partial charge in [-0.2, -0.15) is 10.2 Å². The number of aryl methyl sites for hydroxylation is 2. The summed E-state index contributed by atoms with van der Waals surface area (Å²) in [6, 6.07) is 9.80. The second kappa shape index (κ2) is 7.86. The van der Waals surface area contributed by atoms with E-state index in [-0.39, 0.29) is 5.91 Å². The lowest BCUT2D eigenvalue weighted by Crippen LogP contribution is -2.16. The molecule has 0 unspecified atom stereocenters. The Balaban J connectivity index is 1.64. The molecule has 0 bridgehead atoms. The lowest BCUT2D eigenvalue weighted by molar-refractivity contribution is -0.116. The van der Waals surface area contributed by atoms with Crippen LogP contribution in [0.3, 0.4) is 0 Å². The number of hydrogen-bond acceptors (Lipinski definition) is 3. The Hall–Kier alpha value is -2.41. The first-order valence-electron chi connectivity index (χ1n) is 8.50.